The Hall–Kier alpha value is -2.19. The first-order chi connectivity index (χ1) is 14.6. The zero-order valence-electron chi connectivity index (χ0n) is 18.8. The van der Waals surface area contributed by atoms with E-state index in [4.69, 9.17) is 18.9 Å². The van der Waals surface area contributed by atoms with Crippen LogP contribution in [0, 0.1) is 0 Å². The molecule has 9 heteroatoms. The molecule has 2 aromatic carbocycles. The van der Waals surface area contributed by atoms with Crippen LogP contribution >= 0.6 is 0 Å². The Kier molecular flexibility index (Phi) is 11.6. The molecule has 0 amide bonds. The van der Waals surface area contributed by atoms with Crippen molar-refractivity contribution in [3.05, 3.63) is 35.9 Å². The highest BCUT2D eigenvalue weighted by Gasteiger charge is 2.19. The predicted octanol–water partition coefficient (Wildman–Crippen LogP) is -4.51. The number of halogens is 2. The van der Waals surface area contributed by atoms with Crippen LogP contribution in [-0.4, -0.2) is 53.5 Å². The molecule has 0 aliphatic carbocycles. The third kappa shape index (κ3) is 6.65. The SMILES string of the molecule is COc1cc(-c2ccc(C(=O)OCC[NH+]3CCCCC3)cc2[NH3+])cc(OC)c1OC.[Cl-].[Cl-]. The van der Waals surface area contributed by atoms with Crippen molar-refractivity contribution >= 4 is 11.7 Å². The maximum absolute atomic E-state index is 12.5. The van der Waals surface area contributed by atoms with E-state index in [0.29, 0.717) is 29.4 Å². The number of piperidine rings is 1. The number of rotatable bonds is 8. The number of likely N-dealkylation sites (tertiary alicyclic amines) is 1. The molecule has 1 saturated heterocycles. The van der Waals surface area contributed by atoms with Crippen molar-refractivity contribution in [1.82, 2.24) is 0 Å². The van der Waals surface area contributed by atoms with E-state index in [2.05, 4.69) is 5.73 Å². The molecule has 0 saturated carbocycles. The van der Waals surface area contributed by atoms with Gasteiger partial charge in [-0.3, -0.25) is 0 Å². The van der Waals surface area contributed by atoms with Crippen molar-refractivity contribution in [2.75, 3.05) is 47.6 Å². The van der Waals surface area contributed by atoms with Crippen molar-refractivity contribution in [2.24, 2.45) is 0 Å². The highest BCUT2D eigenvalue weighted by atomic mass is 35.5. The zero-order chi connectivity index (χ0) is 21.5. The van der Waals surface area contributed by atoms with Crippen molar-refractivity contribution in [1.29, 1.82) is 0 Å². The van der Waals surface area contributed by atoms with Gasteiger partial charge in [0.2, 0.25) is 5.75 Å². The normalized spacial score (nSPS) is 13.4. The molecule has 4 N–H and O–H groups in total. The smallest absolute Gasteiger partial charge is 0.338 e. The second-order valence-electron chi connectivity index (χ2n) is 7.48. The lowest BCUT2D eigenvalue weighted by molar-refractivity contribution is -0.905. The van der Waals surface area contributed by atoms with Crippen LogP contribution in [0.5, 0.6) is 17.2 Å². The van der Waals surface area contributed by atoms with Gasteiger partial charge in [0.25, 0.3) is 0 Å². The molecular formula is C23H32Cl2N2O5. The number of carbonyl (C=O) groups excluding carboxylic acids is 1. The van der Waals surface area contributed by atoms with Gasteiger partial charge in [-0.15, -0.1) is 0 Å². The van der Waals surface area contributed by atoms with E-state index in [9.17, 15) is 4.79 Å². The van der Waals surface area contributed by atoms with E-state index < -0.39 is 0 Å². The average molecular weight is 487 g/mol. The molecule has 0 unspecified atom stereocenters. The second-order valence-corrected chi connectivity index (χ2v) is 7.48. The summed E-state index contributed by atoms with van der Waals surface area (Å²) < 4.78 is 21.7. The Morgan fingerprint density at radius 3 is 2.09 bits per heavy atom. The summed E-state index contributed by atoms with van der Waals surface area (Å²) in [6, 6.07) is 9.13. The van der Waals surface area contributed by atoms with Crippen molar-refractivity contribution < 1.29 is 59.2 Å². The first kappa shape index (κ1) is 27.8. The van der Waals surface area contributed by atoms with E-state index in [-0.39, 0.29) is 30.8 Å². The lowest BCUT2D eigenvalue weighted by atomic mass is 10.0. The molecule has 0 atom stereocenters. The lowest BCUT2D eigenvalue weighted by Gasteiger charge is -2.23. The van der Waals surface area contributed by atoms with Gasteiger partial charge in [-0.2, -0.15) is 0 Å². The molecule has 1 aliphatic heterocycles. The number of esters is 1. The van der Waals surface area contributed by atoms with E-state index >= 15 is 0 Å². The molecule has 0 aromatic heterocycles. The van der Waals surface area contributed by atoms with Gasteiger partial charge in [0, 0.05) is 11.6 Å². The highest BCUT2D eigenvalue weighted by molar-refractivity contribution is 5.92. The standard InChI is InChI=1S/C23H30N2O5.2ClH/c1-27-20-14-17(15-21(28-2)22(20)29-3)18-8-7-16(13-19(18)24)23(26)30-12-11-25-9-5-4-6-10-25;;/h7-8,13-15H,4-6,9-12,24H2,1-3H3;2*1H. The van der Waals surface area contributed by atoms with Crippen molar-refractivity contribution in [2.45, 2.75) is 19.3 Å². The average Bonchev–Trinajstić information content (AvgIpc) is 2.78. The van der Waals surface area contributed by atoms with Crippen LogP contribution in [0.3, 0.4) is 0 Å². The van der Waals surface area contributed by atoms with E-state index in [1.165, 1.54) is 37.3 Å². The fourth-order valence-electron chi connectivity index (χ4n) is 3.91. The Morgan fingerprint density at radius 1 is 0.938 bits per heavy atom. The minimum absolute atomic E-state index is 0. The van der Waals surface area contributed by atoms with E-state index in [0.717, 1.165) is 23.4 Å². The molecule has 7 nitrogen and oxygen atoms in total. The van der Waals surface area contributed by atoms with Crippen LogP contribution < -0.4 is 49.7 Å². The van der Waals surface area contributed by atoms with Gasteiger partial charge in [-0.1, -0.05) is 0 Å². The molecule has 0 spiro atoms. The van der Waals surface area contributed by atoms with Gasteiger partial charge in [-0.05, 0) is 49.1 Å². The second kappa shape index (κ2) is 13.4. The molecule has 0 radical (unpaired) electrons. The summed E-state index contributed by atoms with van der Waals surface area (Å²) in [7, 11) is 4.73. The number of methoxy groups -OCH3 is 3. The van der Waals surface area contributed by atoms with E-state index in [1.807, 2.05) is 18.2 Å². The van der Waals surface area contributed by atoms with E-state index in [1.54, 1.807) is 33.5 Å². The Morgan fingerprint density at radius 2 is 1.56 bits per heavy atom. The summed E-state index contributed by atoms with van der Waals surface area (Å²) in [6.07, 6.45) is 3.83. The van der Waals surface area contributed by atoms with Crippen LogP contribution in [-0.2, 0) is 4.74 Å². The molecule has 1 fully saturated rings. The number of ether oxygens (including phenoxy) is 4. The van der Waals surface area contributed by atoms with Gasteiger partial charge in [-0.25, -0.2) is 4.79 Å². The number of carbonyl (C=O) groups is 1. The molecule has 1 aliphatic rings. The topological polar surface area (TPSA) is 86.1 Å². The summed E-state index contributed by atoms with van der Waals surface area (Å²) in [5.41, 5.74) is 7.09. The largest absolute Gasteiger partial charge is 1.00 e. The summed E-state index contributed by atoms with van der Waals surface area (Å²) in [5.74, 6) is 1.35. The molecular weight excluding hydrogens is 455 g/mol. The summed E-state index contributed by atoms with van der Waals surface area (Å²) in [4.78, 5) is 14.0. The van der Waals surface area contributed by atoms with Crippen LogP contribution in [0.1, 0.15) is 29.6 Å². The highest BCUT2D eigenvalue weighted by Crippen LogP contribution is 2.42. The number of hydrogen-bond donors (Lipinski definition) is 2. The maximum Gasteiger partial charge on any atom is 0.338 e. The number of hydrogen-bond acceptors (Lipinski definition) is 5. The first-order valence-electron chi connectivity index (χ1n) is 10.3. The molecule has 178 valence electrons. The van der Waals surface area contributed by atoms with Crippen molar-refractivity contribution in [3.8, 4) is 28.4 Å². The molecule has 1 heterocycles. The van der Waals surface area contributed by atoms with Crippen LogP contribution in [0.15, 0.2) is 30.3 Å². The molecule has 0 bridgehead atoms. The van der Waals surface area contributed by atoms with Gasteiger partial charge in [0.05, 0.1) is 40.0 Å². The third-order valence-electron chi connectivity index (χ3n) is 5.57. The number of nitrogens with one attached hydrogen (secondary N) is 1. The van der Waals surface area contributed by atoms with Crippen LogP contribution in [0.4, 0.5) is 5.69 Å². The fraction of sp³-hybridized carbons (Fsp3) is 0.435. The Labute approximate surface area is 202 Å². The molecule has 32 heavy (non-hydrogen) atoms. The lowest BCUT2D eigenvalue weighted by Crippen LogP contribution is -3.13. The Balaban J connectivity index is 0.00000256. The summed E-state index contributed by atoms with van der Waals surface area (Å²) in [5, 5.41) is 0. The van der Waals surface area contributed by atoms with Gasteiger partial charge in [0.1, 0.15) is 18.8 Å². The molecule has 3 rings (SSSR count). The third-order valence-corrected chi connectivity index (χ3v) is 5.57. The number of benzene rings is 2. The minimum atomic E-state index is -0.312. The quantitative estimate of drug-likeness (QED) is 0.367. The van der Waals surface area contributed by atoms with Crippen molar-refractivity contribution in [3.63, 3.8) is 0 Å². The van der Waals surface area contributed by atoms with Gasteiger partial charge < -0.3 is 54.4 Å². The predicted molar refractivity (Wildman–Crippen MR) is 114 cm³/mol. The summed E-state index contributed by atoms with van der Waals surface area (Å²) >= 11 is 0. The maximum atomic E-state index is 12.5. The first-order valence-corrected chi connectivity index (χ1v) is 10.3. The Bertz CT molecular complexity index is 864. The van der Waals surface area contributed by atoms with Gasteiger partial charge >= 0.3 is 5.97 Å². The zero-order valence-corrected chi connectivity index (χ0v) is 20.4. The number of quaternary nitrogens is 2. The molecule has 2 aromatic rings. The van der Waals surface area contributed by atoms with Gasteiger partial charge in [0.15, 0.2) is 11.5 Å². The monoisotopic (exact) mass is 486 g/mol. The van der Waals surface area contributed by atoms with Crippen LogP contribution in [0.25, 0.3) is 11.1 Å². The summed E-state index contributed by atoms with van der Waals surface area (Å²) in [6.45, 7) is 3.65. The fourth-order valence-corrected chi connectivity index (χ4v) is 3.91. The van der Waals surface area contributed by atoms with Crippen LogP contribution in [0.2, 0.25) is 0 Å². The minimum Gasteiger partial charge on any atom is -1.00 e.